The summed E-state index contributed by atoms with van der Waals surface area (Å²) in [7, 11) is 1.69. The molecule has 1 N–H and O–H groups in total. The van der Waals surface area contributed by atoms with Crippen LogP contribution in [-0.2, 0) is 4.79 Å². The van der Waals surface area contributed by atoms with Crippen molar-refractivity contribution in [3.05, 3.63) is 53.6 Å². The molecule has 1 heterocycles. The van der Waals surface area contributed by atoms with Crippen LogP contribution in [0.5, 0.6) is 5.75 Å². The molecule has 0 aliphatic carbocycles. The second kappa shape index (κ2) is 8.23. The first-order valence-electron chi connectivity index (χ1n) is 9.03. The van der Waals surface area contributed by atoms with E-state index in [0.717, 1.165) is 37.6 Å². The molecule has 0 bridgehead atoms. The van der Waals surface area contributed by atoms with Crippen LogP contribution >= 0.6 is 0 Å². The first kappa shape index (κ1) is 18.3. The molecule has 0 saturated carbocycles. The van der Waals surface area contributed by atoms with Gasteiger partial charge in [-0.3, -0.25) is 9.69 Å². The van der Waals surface area contributed by atoms with E-state index in [1.54, 1.807) is 7.11 Å². The van der Waals surface area contributed by atoms with Gasteiger partial charge in [-0.25, -0.2) is 0 Å². The molecule has 1 amide bonds. The zero-order chi connectivity index (χ0) is 18.5. The molecule has 0 spiro atoms. The number of rotatable bonds is 5. The summed E-state index contributed by atoms with van der Waals surface area (Å²) in [6.07, 6.45) is 0. The molecule has 1 fully saturated rings. The van der Waals surface area contributed by atoms with Gasteiger partial charge in [-0.2, -0.15) is 0 Å². The lowest BCUT2D eigenvalue weighted by Gasteiger charge is -2.35. The number of amides is 1. The van der Waals surface area contributed by atoms with Gasteiger partial charge in [0.15, 0.2) is 0 Å². The third-order valence-corrected chi connectivity index (χ3v) is 4.95. The molecule has 3 rings (SSSR count). The van der Waals surface area contributed by atoms with Crippen LogP contribution in [0.2, 0.25) is 0 Å². The zero-order valence-corrected chi connectivity index (χ0v) is 15.8. The lowest BCUT2D eigenvalue weighted by atomic mass is 10.1. The van der Waals surface area contributed by atoms with Gasteiger partial charge < -0.3 is 15.0 Å². The fourth-order valence-electron chi connectivity index (χ4n) is 3.19. The Morgan fingerprint density at radius 3 is 2.50 bits per heavy atom. The summed E-state index contributed by atoms with van der Waals surface area (Å²) in [6.45, 7) is 8.12. The van der Waals surface area contributed by atoms with Crippen LogP contribution in [0.15, 0.2) is 42.5 Å². The number of ether oxygens (including phenoxy) is 1. The van der Waals surface area contributed by atoms with Gasteiger partial charge in [0.25, 0.3) is 0 Å². The summed E-state index contributed by atoms with van der Waals surface area (Å²) in [5, 5.41) is 3.00. The third kappa shape index (κ3) is 4.55. The Bertz CT molecular complexity index is 768. The van der Waals surface area contributed by atoms with E-state index in [0.29, 0.717) is 6.54 Å². The molecule has 0 unspecified atom stereocenters. The number of piperazine rings is 1. The molecule has 0 atom stereocenters. The Hall–Kier alpha value is -2.53. The Labute approximate surface area is 155 Å². The quantitative estimate of drug-likeness (QED) is 0.897. The Morgan fingerprint density at radius 2 is 1.81 bits per heavy atom. The summed E-state index contributed by atoms with van der Waals surface area (Å²) >= 11 is 0. The molecule has 26 heavy (non-hydrogen) atoms. The summed E-state index contributed by atoms with van der Waals surface area (Å²) in [5.41, 5.74) is 4.46. The molecule has 0 radical (unpaired) electrons. The first-order valence-corrected chi connectivity index (χ1v) is 9.03. The fraction of sp³-hybridized carbons (Fsp3) is 0.381. The van der Waals surface area contributed by atoms with E-state index in [1.807, 2.05) is 30.3 Å². The summed E-state index contributed by atoms with van der Waals surface area (Å²) in [6, 6.07) is 14.1. The van der Waals surface area contributed by atoms with Crippen molar-refractivity contribution in [3.8, 4) is 5.75 Å². The molecule has 1 saturated heterocycles. The second-order valence-corrected chi connectivity index (χ2v) is 6.81. The van der Waals surface area contributed by atoms with E-state index in [2.05, 4.69) is 41.1 Å². The number of carbonyl (C=O) groups excluding carboxylic acids is 1. The molecule has 1 aliphatic rings. The van der Waals surface area contributed by atoms with Crippen molar-refractivity contribution in [3.63, 3.8) is 0 Å². The van der Waals surface area contributed by atoms with Crippen molar-refractivity contribution in [2.45, 2.75) is 13.8 Å². The number of methoxy groups -OCH3 is 1. The van der Waals surface area contributed by atoms with E-state index in [4.69, 9.17) is 4.74 Å². The van der Waals surface area contributed by atoms with Crippen LogP contribution in [0.4, 0.5) is 11.4 Å². The van der Waals surface area contributed by atoms with Crippen LogP contribution in [-0.4, -0.2) is 50.6 Å². The number of benzene rings is 2. The second-order valence-electron chi connectivity index (χ2n) is 6.81. The molecule has 2 aromatic rings. The molecule has 2 aromatic carbocycles. The number of nitrogens with zero attached hydrogens (tertiary/aromatic N) is 2. The zero-order valence-electron chi connectivity index (χ0n) is 15.8. The van der Waals surface area contributed by atoms with Crippen LogP contribution in [0, 0.1) is 13.8 Å². The van der Waals surface area contributed by atoms with E-state index in [-0.39, 0.29) is 5.91 Å². The van der Waals surface area contributed by atoms with Gasteiger partial charge in [-0.15, -0.1) is 0 Å². The SMILES string of the molecule is COc1cccc(N2CCN(CC(=O)Nc3ccc(C)c(C)c3)CC2)c1. The van der Waals surface area contributed by atoms with Gasteiger partial charge in [-0.1, -0.05) is 12.1 Å². The molecular formula is C21H27N3O2. The largest absolute Gasteiger partial charge is 0.497 e. The number of anilines is 2. The minimum absolute atomic E-state index is 0.0445. The number of aryl methyl sites for hydroxylation is 2. The van der Waals surface area contributed by atoms with Crippen LogP contribution in [0.1, 0.15) is 11.1 Å². The van der Waals surface area contributed by atoms with Crippen molar-refractivity contribution in [2.24, 2.45) is 0 Å². The van der Waals surface area contributed by atoms with Crippen molar-refractivity contribution in [1.29, 1.82) is 0 Å². The molecule has 5 heteroatoms. The lowest BCUT2D eigenvalue weighted by molar-refractivity contribution is -0.117. The lowest BCUT2D eigenvalue weighted by Crippen LogP contribution is -2.48. The minimum Gasteiger partial charge on any atom is -0.497 e. The molecule has 0 aromatic heterocycles. The Balaban J connectivity index is 1.50. The van der Waals surface area contributed by atoms with Crippen molar-refractivity contribution >= 4 is 17.3 Å². The molecule has 1 aliphatic heterocycles. The van der Waals surface area contributed by atoms with Crippen molar-refractivity contribution < 1.29 is 9.53 Å². The van der Waals surface area contributed by atoms with Gasteiger partial charge in [0, 0.05) is 43.6 Å². The summed E-state index contributed by atoms with van der Waals surface area (Å²) in [4.78, 5) is 16.9. The Kier molecular flexibility index (Phi) is 5.78. The number of hydrogen-bond donors (Lipinski definition) is 1. The predicted molar refractivity (Wildman–Crippen MR) is 106 cm³/mol. The van der Waals surface area contributed by atoms with Gasteiger partial charge in [0.2, 0.25) is 5.91 Å². The van der Waals surface area contributed by atoms with E-state index < -0.39 is 0 Å². The maximum atomic E-state index is 12.3. The highest BCUT2D eigenvalue weighted by Gasteiger charge is 2.19. The summed E-state index contributed by atoms with van der Waals surface area (Å²) < 4.78 is 5.30. The average molecular weight is 353 g/mol. The van der Waals surface area contributed by atoms with Crippen LogP contribution < -0.4 is 15.0 Å². The Morgan fingerprint density at radius 1 is 1.04 bits per heavy atom. The monoisotopic (exact) mass is 353 g/mol. The number of carbonyl (C=O) groups is 1. The smallest absolute Gasteiger partial charge is 0.238 e. The first-order chi connectivity index (χ1) is 12.5. The van der Waals surface area contributed by atoms with Crippen LogP contribution in [0.25, 0.3) is 0 Å². The van der Waals surface area contributed by atoms with E-state index in [1.165, 1.54) is 16.8 Å². The number of hydrogen-bond acceptors (Lipinski definition) is 4. The maximum absolute atomic E-state index is 12.3. The number of nitrogens with one attached hydrogen (secondary N) is 1. The normalized spacial score (nSPS) is 15.0. The highest BCUT2D eigenvalue weighted by Crippen LogP contribution is 2.22. The third-order valence-electron chi connectivity index (χ3n) is 4.95. The van der Waals surface area contributed by atoms with Gasteiger partial charge in [0.05, 0.1) is 13.7 Å². The predicted octanol–water partition coefficient (Wildman–Crippen LogP) is 3.07. The average Bonchev–Trinajstić information content (AvgIpc) is 2.65. The molecular weight excluding hydrogens is 326 g/mol. The fourth-order valence-corrected chi connectivity index (χ4v) is 3.19. The van der Waals surface area contributed by atoms with Crippen molar-refractivity contribution in [2.75, 3.05) is 50.1 Å². The van der Waals surface area contributed by atoms with E-state index >= 15 is 0 Å². The standard InChI is InChI=1S/C21H27N3O2/c1-16-7-8-18(13-17(16)2)22-21(25)15-23-9-11-24(12-10-23)19-5-4-6-20(14-19)26-3/h4-8,13-14H,9-12,15H2,1-3H3,(H,22,25). The maximum Gasteiger partial charge on any atom is 0.238 e. The van der Waals surface area contributed by atoms with Crippen molar-refractivity contribution in [1.82, 2.24) is 4.90 Å². The van der Waals surface area contributed by atoms with Gasteiger partial charge >= 0.3 is 0 Å². The summed E-state index contributed by atoms with van der Waals surface area (Å²) in [5.74, 6) is 0.917. The molecule has 138 valence electrons. The topological polar surface area (TPSA) is 44.8 Å². The highest BCUT2D eigenvalue weighted by molar-refractivity contribution is 5.92. The minimum atomic E-state index is 0.0445. The molecule has 5 nitrogen and oxygen atoms in total. The van der Waals surface area contributed by atoms with Crippen LogP contribution in [0.3, 0.4) is 0 Å². The van der Waals surface area contributed by atoms with Gasteiger partial charge in [-0.05, 0) is 49.2 Å². The van der Waals surface area contributed by atoms with Gasteiger partial charge in [0.1, 0.15) is 5.75 Å². The highest BCUT2D eigenvalue weighted by atomic mass is 16.5. The van der Waals surface area contributed by atoms with E-state index in [9.17, 15) is 4.79 Å².